The number of hydrogen-bond donors (Lipinski definition) is 2. The number of nitrogens with one attached hydrogen (secondary N) is 1. The third-order valence-electron chi connectivity index (χ3n) is 4.51. The van der Waals surface area contributed by atoms with Crippen LogP contribution in [0.5, 0.6) is 0 Å². The minimum atomic E-state index is 0.00491. The van der Waals surface area contributed by atoms with E-state index in [2.05, 4.69) is 5.32 Å². The molecule has 12 heavy (non-hydrogen) atoms. The van der Waals surface area contributed by atoms with E-state index in [9.17, 15) is 5.11 Å². The highest BCUT2D eigenvalue weighted by Gasteiger charge is 2.56. The molecule has 2 heteroatoms. The van der Waals surface area contributed by atoms with Crippen LogP contribution in [0.1, 0.15) is 25.7 Å². The van der Waals surface area contributed by atoms with Crippen LogP contribution in [0.4, 0.5) is 0 Å². The second-order valence-electron chi connectivity index (χ2n) is 4.92. The smallest absolute Gasteiger partial charge is 0.0589 e. The average Bonchev–Trinajstić information content (AvgIpc) is 2.49. The molecule has 2 N–H and O–H groups in total. The Balaban J connectivity index is 1.88. The van der Waals surface area contributed by atoms with Crippen molar-refractivity contribution >= 4 is 0 Å². The quantitative estimate of drug-likeness (QED) is 0.558. The van der Waals surface area contributed by atoms with Gasteiger partial charge in [-0.25, -0.2) is 0 Å². The molecular weight excluding hydrogens is 150 g/mol. The van der Waals surface area contributed by atoms with E-state index in [0.29, 0.717) is 11.3 Å². The summed E-state index contributed by atoms with van der Waals surface area (Å²) in [5.41, 5.74) is 0.577. The molecule has 3 rings (SSSR count). The lowest BCUT2D eigenvalue weighted by atomic mass is 9.62. The molecule has 3 aliphatic rings. The van der Waals surface area contributed by atoms with E-state index < -0.39 is 0 Å². The van der Waals surface area contributed by atoms with Crippen LogP contribution in [0.15, 0.2) is 0 Å². The predicted octanol–water partition coefficient (Wildman–Crippen LogP) is 0.757. The second-order valence-corrected chi connectivity index (χ2v) is 4.92. The van der Waals surface area contributed by atoms with Gasteiger partial charge in [0.2, 0.25) is 0 Å². The molecule has 1 spiro atoms. The summed E-state index contributed by atoms with van der Waals surface area (Å²) in [5, 5.41) is 13.3. The number of aliphatic hydroxyl groups is 1. The maximum absolute atomic E-state index is 9.86. The Morgan fingerprint density at radius 1 is 1.25 bits per heavy atom. The van der Waals surface area contributed by atoms with Crippen LogP contribution in [0.25, 0.3) is 0 Å². The summed E-state index contributed by atoms with van der Waals surface area (Å²) in [4.78, 5) is 0. The Bertz CT molecular complexity index is 200. The first-order valence-corrected chi connectivity index (χ1v) is 5.21. The van der Waals surface area contributed by atoms with Gasteiger partial charge in [-0.3, -0.25) is 0 Å². The molecule has 1 heterocycles. The van der Waals surface area contributed by atoms with Gasteiger partial charge < -0.3 is 10.4 Å². The number of hydrogen-bond acceptors (Lipinski definition) is 2. The third kappa shape index (κ3) is 0.728. The molecule has 0 bridgehead atoms. The van der Waals surface area contributed by atoms with Crippen molar-refractivity contribution in [2.75, 3.05) is 13.1 Å². The largest absolute Gasteiger partial charge is 0.393 e. The fourth-order valence-corrected chi connectivity index (χ4v) is 3.70. The van der Waals surface area contributed by atoms with E-state index in [1.54, 1.807) is 0 Å². The molecule has 2 aliphatic carbocycles. The normalized spacial score (nSPS) is 49.2. The standard InChI is InChI=1S/C10H17NO/c12-9-4-10(2-1-3-10)8-6-11-5-7(8)9/h7-9,11-12H,1-6H2. The Kier molecular flexibility index (Phi) is 1.37. The van der Waals surface area contributed by atoms with Crippen LogP contribution in [0.2, 0.25) is 0 Å². The topological polar surface area (TPSA) is 32.3 Å². The lowest BCUT2D eigenvalue weighted by molar-refractivity contribution is 0.0700. The maximum Gasteiger partial charge on any atom is 0.0589 e. The molecule has 0 aromatic heterocycles. The molecular formula is C10H17NO. The minimum Gasteiger partial charge on any atom is -0.393 e. The van der Waals surface area contributed by atoms with Crippen LogP contribution >= 0.6 is 0 Å². The van der Waals surface area contributed by atoms with Crippen molar-refractivity contribution in [2.45, 2.75) is 31.8 Å². The summed E-state index contributed by atoms with van der Waals surface area (Å²) < 4.78 is 0. The molecule has 3 unspecified atom stereocenters. The van der Waals surface area contributed by atoms with Crippen molar-refractivity contribution in [1.82, 2.24) is 5.32 Å². The SMILES string of the molecule is OC1CC2(CCC2)C2CNCC12. The van der Waals surface area contributed by atoms with Crippen molar-refractivity contribution in [3.63, 3.8) is 0 Å². The van der Waals surface area contributed by atoms with Gasteiger partial charge in [0.15, 0.2) is 0 Å². The maximum atomic E-state index is 9.86. The van der Waals surface area contributed by atoms with E-state index >= 15 is 0 Å². The molecule has 1 saturated heterocycles. The molecule has 0 aromatic carbocycles. The third-order valence-corrected chi connectivity index (χ3v) is 4.51. The highest BCUT2D eigenvalue weighted by Crippen LogP contribution is 2.59. The van der Waals surface area contributed by atoms with Crippen LogP contribution in [-0.2, 0) is 0 Å². The summed E-state index contributed by atoms with van der Waals surface area (Å²) in [6.45, 7) is 2.23. The Labute approximate surface area is 73.4 Å². The minimum absolute atomic E-state index is 0.00491. The molecule has 68 valence electrons. The first-order chi connectivity index (χ1) is 5.82. The van der Waals surface area contributed by atoms with E-state index in [4.69, 9.17) is 0 Å². The van der Waals surface area contributed by atoms with Gasteiger partial charge in [0.25, 0.3) is 0 Å². The van der Waals surface area contributed by atoms with Crippen molar-refractivity contribution < 1.29 is 5.11 Å². The van der Waals surface area contributed by atoms with Crippen molar-refractivity contribution in [1.29, 1.82) is 0 Å². The van der Waals surface area contributed by atoms with Crippen LogP contribution in [-0.4, -0.2) is 24.3 Å². The van der Waals surface area contributed by atoms with Gasteiger partial charge in [0, 0.05) is 12.5 Å². The molecule has 0 radical (unpaired) electrons. The van der Waals surface area contributed by atoms with Crippen molar-refractivity contribution in [3.05, 3.63) is 0 Å². The fourth-order valence-electron chi connectivity index (χ4n) is 3.70. The van der Waals surface area contributed by atoms with Crippen molar-refractivity contribution in [3.8, 4) is 0 Å². The highest BCUT2D eigenvalue weighted by atomic mass is 16.3. The lowest BCUT2D eigenvalue weighted by Gasteiger charge is -2.43. The monoisotopic (exact) mass is 167 g/mol. The van der Waals surface area contributed by atoms with Gasteiger partial charge >= 0.3 is 0 Å². The Hall–Kier alpha value is -0.0800. The predicted molar refractivity (Wildman–Crippen MR) is 46.8 cm³/mol. The number of aliphatic hydroxyl groups excluding tert-OH is 1. The van der Waals surface area contributed by atoms with Gasteiger partial charge in [-0.05, 0) is 37.1 Å². The second kappa shape index (κ2) is 2.24. The summed E-state index contributed by atoms with van der Waals surface area (Å²) in [5.74, 6) is 1.39. The molecule has 3 atom stereocenters. The lowest BCUT2D eigenvalue weighted by Crippen LogP contribution is -2.36. The fraction of sp³-hybridized carbons (Fsp3) is 1.00. The molecule has 2 nitrogen and oxygen atoms in total. The molecule has 1 aliphatic heterocycles. The first kappa shape index (κ1) is 7.34. The van der Waals surface area contributed by atoms with Gasteiger partial charge in [-0.2, -0.15) is 0 Å². The zero-order chi connectivity index (χ0) is 8.18. The Morgan fingerprint density at radius 3 is 2.75 bits per heavy atom. The highest BCUT2D eigenvalue weighted by molar-refractivity contribution is 5.08. The zero-order valence-corrected chi connectivity index (χ0v) is 7.42. The molecule has 2 saturated carbocycles. The van der Waals surface area contributed by atoms with Gasteiger partial charge in [-0.1, -0.05) is 6.42 Å². The average molecular weight is 167 g/mol. The molecule has 3 fully saturated rings. The van der Waals surface area contributed by atoms with Gasteiger partial charge in [0.05, 0.1) is 6.10 Å². The Morgan fingerprint density at radius 2 is 2.08 bits per heavy atom. The van der Waals surface area contributed by atoms with E-state index in [1.807, 2.05) is 0 Å². The zero-order valence-electron chi connectivity index (χ0n) is 7.42. The summed E-state index contributed by atoms with van der Waals surface area (Å²) in [7, 11) is 0. The van der Waals surface area contributed by atoms with Crippen LogP contribution in [0.3, 0.4) is 0 Å². The van der Waals surface area contributed by atoms with Crippen molar-refractivity contribution in [2.24, 2.45) is 17.3 Å². The number of rotatable bonds is 0. The summed E-state index contributed by atoms with van der Waals surface area (Å²) >= 11 is 0. The van der Waals surface area contributed by atoms with E-state index in [1.165, 1.54) is 25.8 Å². The van der Waals surface area contributed by atoms with Crippen LogP contribution in [0, 0.1) is 17.3 Å². The summed E-state index contributed by atoms with van der Waals surface area (Å²) in [6, 6.07) is 0. The van der Waals surface area contributed by atoms with Gasteiger partial charge in [-0.15, -0.1) is 0 Å². The van der Waals surface area contributed by atoms with E-state index in [0.717, 1.165) is 18.9 Å². The summed E-state index contributed by atoms with van der Waals surface area (Å²) in [6.07, 6.45) is 5.27. The molecule has 0 aromatic rings. The van der Waals surface area contributed by atoms with Gasteiger partial charge in [0.1, 0.15) is 0 Å². The van der Waals surface area contributed by atoms with E-state index in [-0.39, 0.29) is 6.10 Å². The van der Waals surface area contributed by atoms with Crippen LogP contribution < -0.4 is 5.32 Å². The first-order valence-electron chi connectivity index (χ1n) is 5.21. The molecule has 0 amide bonds. The number of fused-ring (bicyclic) bond motifs is 2.